The molecule has 138 valence electrons. The van der Waals surface area contributed by atoms with Crippen LogP contribution in [-0.4, -0.2) is 34.4 Å². The van der Waals surface area contributed by atoms with Crippen LogP contribution in [0.15, 0.2) is 33.1 Å². The van der Waals surface area contributed by atoms with Crippen LogP contribution in [-0.2, 0) is 40.4 Å². The number of hydrogen-bond donors (Lipinski definition) is 3. The van der Waals surface area contributed by atoms with Crippen molar-refractivity contribution in [1.82, 2.24) is 0 Å². The Balaban J connectivity index is 0.000000251. The summed E-state index contributed by atoms with van der Waals surface area (Å²) in [6.07, 6.45) is 1.23. The van der Waals surface area contributed by atoms with Gasteiger partial charge in [0.25, 0.3) is 0 Å². The molecule has 8 heteroatoms. The predicted molar refractivity (Wildman–Crippen MR) is 85.6 cm³/mol. The molecule has 0 saturated heterocycles. The number of methoxy groups -OCH3 is 1. The molecule has 0 fully saturated rings. The first-order valence-corrected chi connectivity index (χ1v) is 7.64. The molecule has 2 heterocycles. The van der Waals surface area contributed by atoms with Gasteiger partial charge in [0.15, 0.2) is 0 Å². The lowest BCUT2D eigenvalue weighted by Gasteiger charge is -1.96. The summed E-state index contributed by atoms with van der Waals surface area (Å²) in [5.74, 6) is 1.16. The maximum absolute atomic E-state index is 10.7. The Labute approximate surface area is 144 Å². The van der Waals surface area contributed by atoms with Gasteiger partial charge in [-0.25, -0.2) is 0 Å². The second kappa shape index (κ2) is 11.1. The topological polar surface area (TPSA) is 130 Å². The Morgan fingerprint density at radius 3 is 1.68 bits per heavy atom. The van der Waals surface area contributed by atoms with Gasteiger partial charge in [0.1, 0.15) is 36.3 Å². The molecule has 0 aliphatic rings. The quantitative estimate of drug-likeness (QED) is 0.610. The summed E-state index contributed by atoms with van der Waals surface area (Å²) in [6, 6.07) is 6.74. The normalized spacial score (nSPS) is 10.0. The Hall–Kier alpha value is -2.58. The molecule has 8 nitrogen and oxygen atoms in total. The molecule has 0 atom stereocenters. The van der Waals surface area contributed by atoms with Gasteiger partial charge in [-0.1, -0.05) is 0 Å². The number of ether oxygens (including phenoxy) is 1. The molecule has 0 bridgehead atoms. The highest BCUT2D eigenvalue weighted by Crippen LogP contribution is 2.10. The molecule has 0 unspecified atom stereocenters. The monoisotopic (exact) mass is 354 g/mol. The predicted octanol–water partition coefficient (Wildman–Crippen LogP) is 1.67. The van der Waals surface area contributed by atoms with E-state index in [1.165, 1.54) is 7.11 Å². The van der Waals surface area contributed by atoms with E-state index in [0.717, 1.165) is 0 Å². The van der Waals surface area contributed by atoms with Crippen LogP contribution in [0.5, 0.6) is 0 Å². The standard InChI is InChI=1S/C9H12O4.C8H10O4/c1-12-9(11)5-4-7-2-3-8(6-10)13-7;9-5-7-2-1-6(12-7)3-4-8(10)11/h2-3,10H,4-6H2,1H3;1-2,9H,3-5H2,(H,10,11). The summed E-state index contributed by atoms with van der Waals surface area (Å²) in [5.41, 5.74) is 0. The SMILES string of the molecule is COC(=O)CCc1ccc(CO)o1.O=C(O)CCc1ccc(CO)o1. The van der Waals surface area contributed by atoms with E-state index in [9.17, 15) is 9.59 Å². The molecular formula is C17H22O8. The van der Waals surface area contributed by atoms with E-state index < -0.39 is 5.97 Å². The highest BCUT2D eigenvalue weighted by molar-refractivity contribution is 5.69. The van der Waals surface area contributed by atoms with Crippen molar-refractivity contribution in [2.45, 2.75) is 38.9 Å². The molecule has 0 radical (unpaired) electrons. The van der Waals surface area contributed by atoms with Gasteiger partial charge in [-0.05, 0) is 24.3 Å². The van der Waals surface area contributed by atoms with Crippen molar-refractivity contribution in [3.8, 4) is 0 Å². The van der Waals surface area contributed by atoms with E-state index in [2.05, 4.69) is 4.74 Å². The lowest BCUT2D eigenvalue weighted by Crippen LogP contribution is -2.01. The highest BCUT2D eigenvalue weighted by atomic mass is 16.5. The number of aliphatic carboxylic acids is 1. The maximum Gasteiger partial charge on any atom is 0.305 e. The van der Waals surface area contributed by atoms with Crippen molar-refractivity contribution >= 4 is 11.9 Å². The number of furan rings is 2. The Morgan fingerprint density at radius 2 is 1.32 bits per heavy atom. The van der Waals surface area contributed by atoms with Gasteiger partial charge in [0.05, 0.1) is 20.0 Å². The number of carbonyl (C=O) groups is 2. The zero-order chi connectivity index (χ0) is 18.7. The first kappa shape index (κ1) is 20.5. The highest BCUT2D eigenvalue weighted by Gasteiger charge is 2.05. The van der Waals surface area contributed by atoms with Crippen LogP contribution in [0.2, 0.25) is 0 Å². The molecule has 3 N–H and O–H groups in total. The van der Waals surface area contributed by atoms with Gasteiger partial charge >= 0.3 is 11.9 Å². The fraction of sp³-hybridized carbons (Fsp3) is 0.412. The molecule has 0 aliphatic heterocycles. The zero-order valence-corrected chi connectivity index (χ0v) is 13.9. The van der Waals surface area contributed by atoms with E-state index in [1.54, 1.807) is 24.3 Å². The fourth-order valence-electron chi connectivity index (χ4n) is 1.84. The van der Waals surface area contributed by atoms with E-state index in [0.29, 0.717) is 42.3 Å². The number of carboxylic acid groups (broad SMARTS) is 1. The summed E-state index contributed by atoms with van der Waals surface area (Å²) in [5, 5.41) is 25.7. The third-order valence-electron chi connectivity index (χ3n) is 3.13. The van der Waals surface area contributed by atoms with E-state index in [-0.39, 0.29) is 25.6 Å². The van der Waals surface area contributed by atoms with Gasteiger partial charge in [-0.2, -0.15) is 0 Å². The van der Waals surface area contributed by atoms with Crippen molar-refractivity contribution in [2.75, 3.05) is 7.11 Å². The molecule has 0 amide bonds. The molecule has 2 aromatic rings. The summed E-state index contributed by atoms with van der Waals surface area (Å²) in [7, 11) is 1.35. The molecule has 2 aromatic heterocycles. The van der Waals surface area contributed by atoms with Gasteiger partial charge < -0.3 is 28.9 Å². The Kier molecular flexibility index (Phi) is 9.05. The summed E-state index contributed by atoms with van der Waals surface area (Å²) in [6.45, 7) is -0.259. The summed E-state index contributed by atoms with van der Waals surface area (Å²) < 4.78 is 14.7. The Morgan fingerprint density at radius 1 is 0.880 bits per heavy atom. The first-order valence-electron chi connectivity index (χ1n) is 7.64. The minimum atomic E-state index is -0.850. The maximum atomic E-state index is 10.7. The number of aryl methyl sites for hydroxylation is 2. The largest absolute Gasteiger partial charge is 0.481 e. The first-order chi connectivity index (χ1) is 12.0. The third-order valence-corrected chi connectivity index (χ3v) is 3.13. The number of aliphatic hydroxyl groups excluding tert-OH is 2. The summed E-state index contributed by atoms with van der Waals surface area (Å²) in [4.78, 5) is 20.9. The molecular weight excluding hydrogens is 332 g/mol. The smallest absolute Gasteiger partial charge is 0.305 e. The molecule has 0 spiro atoms. The van der Waals surface area contributed by atoms with Crippen molar-refractivity contribution in [3.05, 3.63) is 47.3 Å². The van der Waals surface area contributed by atoms with Crippen LogP contribution in [0, 0.1) is 0 Å². The van der Waals surface area contributed by atoms with Crippen LogP contribution >= 0.6 is 0 Å². The number of aliphatic hydroxyl groups is 2. The number of rotatable bonds is 8. The van der Waals surface area contributed by atoms with Gasteiger partial charge in [-0.3, -0.25) is 9.59 Å². The second-order valence-corrected chi connectivity index (χ2v) is 5.02. The lowest BCUT2D eigenvalue weighted by atomic mass is 10.2. The zero-order valence-electron chi connectivity index (χ0n) is 13.9. The average Bonchev–Trinajstić information content (AvgIpc) is 3.27. The van der Waals surface area contributed by atoms with Gasteiger partial charge in [0, 0.05) is 12.8 Å². The minimum Gasteiger partial charge on any atom is -0.481 e. The molecule has 0 saturated carbocycles. The average molecular weight is 354 g/mol. The van der Waals surface area contributed by atoms with Crippen molar-refractivity contribution in [2.24, 2.45) is 0 Å². The molecule has 0 aromatic carbocycles. The lowest BCUT2D eigenvalue weighted by molar-refractivity contribution is -0.140. The molecule has 25 heavy (non-hydrogen) atoms. The van der Waals surface area contributed by atoms with Crippen LogP contribution in [0.1, 0.15) is 35.9 Å². The number of carboxylic acids is 1. The van der Waals surface area contributed by atoms with E-state index in [4.69, 9.17) is 24.2 Å². The fourth-order valence-corrected chi connectivity index (χ4v) is 1.84. The number of hydrogen-bond acceptors (Lipinski definition) is 7. The van der Waals surface area contributed by atoms with Crippen LogP contribution in [0.3, 0.4) is 0 Å². The molecule has 0 aliphatic carbocycles. The van der Waals surface area contributed by atoms with Crippen LogP contribution in [0.25, 0.3) is 0 Å². The molecule has 2 rings (SSSR count). The third kappa shape index (κ3) is 8.18. The van der Waals surface area contributed by atoms with Crippen molar-refractivity contribution < 1.29 is 38.5 Å². The number of carbonyl (C=O) groups excluding carboxylic acids is 1. The van der Waals surface area contributed by atoms with Crippen LogP contribution in [0.4, 0.5) is 0 Å². The second-order valence-electron chi connectivity index (χ2n) is 5.02. The summed E-state index contributed by atoms with van der Waals surface area (Å²) >= 11 is 0. The van der Waals surface area contributed by atoms with Crippen molar-refractivity contribution in [1.29, 1.82) is 0 Å². The van der Waals surface area contributed by atoms with Gasteiger partial charge in [-0.15, -0.1) is 0 Å². The minimum absolute atomic E-state index is 0.0540. The van der Waals surface area contributed by atoms with Crippen molar-refractivity contribution in [3.63, 3.8) is 0 Å². The number of esters is 1. The van der Waals surface area contributed by atoms with E-state index >= 15 is 0 Å². The van der Waals surface area contributed by atoms with E-state index in [1.807, 2.05) is 0 Å². The van der Waals surface area contributed by atoms with Gasteiger partial charge in [0.2, 0.25) is 0 Å². The van der Waals surface area contributed by atoms with Crippen LogP contribution < -0.4 is 0 Å². The Bertz CT molecular complexity index is 655.